The zero-order valence-electron chi connectivity index (χ0n) is 11.7. The zero-order valence-corrected chi connectivity index (χ0v) is 11.7. The fourth-order valence-corrected chi connectivity index (χ4v) is 2.18. The maximum absolute atomic E-state index is 12.2. The lowest BCUT2D eigenvalue weighted by Gasteiger charge is -2.35. The Morgan fingerprint density at radius 1 is 1.55 bits per heavy atom. The molecule has 0 bridgehead atoms. The number of aromatic nitrogens is 1. The van der Waals surface area contributed by atoms with Gasteiger partial charge in [-0.05, 0) is 6.92 Å². The number of hydrogen-bond acceptors (Lipinski definition) is 6. The maximum Gasteiger partial charge on any atom is 0.276 e. The molecule has 0 aromatic carbocycles. The Labute approximate surface area is 117 Å². The summed E-state index contributed by atoms with van der Waals surface area (Å²) in [5.41, 5.74) is 0.304. The second kappa shape index (κ2) is 6.50. The third kappa shape index (κ3) is 3.15. The van der Waals surface area contributed by atoms with E-state index in [1.54, 1.807) is 18.1 Å². The van der Waals surface area contributed by atoms with Crippen molar-refractivity contribution in [2.45, 2.75) is 19.6 Å². The van der Waals surface area contributed by atoms with Crippen molar-refractivity contribution in [3.63, 3.8) is 0 Å². The molecule has 1 atom stereocenters. The fraction of sp³-hybridized carbons (Fsp3) is 0.615. The number of rotatable bonds is 4. The van der Waals surface area contributed by atoms with Crippen LogP contribution < -0.4 is 0 Å². The van der Waals surface area contributed by atoms with Crippen LogP contribution in [0.2, 0.25) is 0 Å². The van der Waals surface area contributed by atoms with Crippen LogP contribution in [-0.2, 0) is 11.3 Å². The lowest BCUT2D eigenvalue weighted by Crippen LogP contribution is -2.51. The molecule has 7 nitrogen and oxygen atoms in total. The highest BCUT2D eigenvalue weighted by Crippen LogP contribution is 2.11. The predicted octanol–water partition coefficient (Wildman–Crippen LogP) is 0.491. The van der Waals surface area contributed by atoms with E-state index in [9.17, 15) is 4.79 Å². The van der Waals surface area contributed by atoms with E-state index in [2.05, 4.69) is 16.1 Å². The topological polar surface area (TPSA) is 82.6 Å². The largest absolute Gasteiger partial charge is 0.377 e. The van der Waals surface area contributed by atoms with E-state index in [0.29, 0.717) is 44.2 Å². The summed E-state index contributed by atoms with van der Waals surface area (Å²) in [5, 5.41) is 12.7. The van der Waals surface area contributed by atoms with Crippen molar-refractivity contribution < 1.29 is 14.1 Å². The second-order valence-corrected chi connectivity index (χ2v) is 4.74. The fourth-order valence-electron chi connectivity index (χ4n) is 2.18. The van der Waals surface area contributed by atoms with Crippen molar-refractivity contribution in [2.75, 3.05) is 33.3 Å². The quantitative estimate of drug-likeness (QED) is 0.797. The number of hydrogen-bond donors (Lipinski definition) is 0. The van der Waals surface area contributed by atoms with Crippen LogP contribution in [0.3, 0.4) is 0 Å². The second-order valence-electron chi connectivity index (χ2n) is 4.74. The van der Waals surface area contributed by atoms with Gasteiger partial charge in [0.1, 0.15) is 6.61 Å². The van der Waals surface area contributed by atoms with Crippen molar-refractivity contribution in [1.82, 2.24) is 15.0 Å². The standard InChI is InChI=1S/C13H18N4O3/c1-10(8-14)16-3-5-17(6-4-16)13(18)12-7-11(9-19-2)20-15-12/h7,10H,3-6,9H2,1-2H3. The molecule has 0 spiro atoms. The molecule has 1 aliphatic rings. The molecular formula is C13H18N4O3. The smallest absolute Gasteiger partial charge is 0.276 e. The lowest BCUT2D eigenvalue weighted by molar-refractivity contribution is 0.0605. The average molecular weight is 278 g/mol. The maximum atomic E-state index is 12.2. The van der Waals surface area contributed by atoms with E-state index < -0.39 is 0 Å². The Kier molecular flexibility index (Phi) is 4.71. The summed E-state index contributed by atoms with van der Waals surface area (Å²) in [4.78, 5) is 16.0. The summed E-state index contributed by atoms with van der Waals surface area (Å²) in [6, 6.07) is 3.70. The minimum absolute atomic E-state index is 0.118. The van der Waals surface area contributed by atoms with E-state index in [-0.39, 0.29) is 11.9 Å². The monoisotopic (exact) mass is 278 g/mol. The third-order valence-electron chi connectivity index (χ3n) is 3.40. The number of carbonyl (C=O) groups is 1. The highest BCUT2D eigenvalue weighted by molar-refractivity contribution is 5.92. The van der Waals surface area contributed by atoms with Gasteiger partial charge in [0.2, 0.25) is 0 Å². The Bertz CT molecular complexity index is 500. The summed E-state index contributed by atoms with van der Waals surface area (Å²) < 4.78 is 9.94. The summed E-state index contributed by atoms with van der Waals surface area (Å²) >= 11 is 0. The minimum atomic E-state index is -0.139. The van der Waals surface area contributed by atoms with Gasteiger partial charge < -0.3 is 14.2 Å². The number of ether oxygens (including phenoxy) is 1. The highest BCUT2D eigenvalue weighted by atomic mass is 16.5. The van der Waals surface area contributed by atoms with Crippen LogP contribution in [0, 0.1) is 11.3 Å². The SMILES string of the molecule is COCc1cc(C(=O)N2CCN(C(C)C#N)CC2)no1. The van der Waals surface area contributed by atoms with Crippen LogP contribution in [0.5, 0.6) is 0 Å². The van der Waals surface area contributed by atoms with Crippen LogP contribution in [0.1, 0.15) is 23.2 Å². The van der Waals surface area contributed by atoms with Gasteiger partial charge in [0.15, 0.2) is 11.5 Å². The molecule has 0 aliphatic carbocycles. The number of nitriles is 1. The van der Waals surface area contributed by atoms with Crippen molar-refractivity contribution in [3.8, 4) is 6.07 Å². The van der Waals surface area contributed by atoms with E-state index in [1.807, 2.05) is 6.92 Å². The Morgan fingerprint density at radius 2 is 2.25 bits per heavy atom. The summed E-state index contributed by atoms with van der Waals surface area (Å²) in [6.45, 7) is 4.75. The van der Waals surface area contributed by atoms with Gasteiger partial charge in [0.25, 0.3) is 5.91 Å². The Hall–Kier alpha value is -1.91. The van der Waals surface area contributed by atoms with E-state index in [1.165, 1.54) is 0 Å². The molecule has 2 heterocycles. The minimum Gasteiger partial charge on any atom is -0.377 e. The van der Waals surface area contributed by atoms with E-state index in [0.717, 1.165) is 0 Å². The van der Waals surface area contributed by atoms with Crippen LogP contribution >= 0.6 is 0 Å². The van der Waals surface area contributed by atoms with Crippen LogP contribution in [-0.4, -0.2) is 60.2 Å². The first-order valence-corrected chi connectivity index (χ1v) is 6.53. The molecule has 1 aromatic heterocycles. The molecule has 2 rings (SSSR count). The molecular weight excluding hydrogens is 260 g/mol. The van der Waals surface area contributed by atoms with Crippen molar-refractivity contribution in [2.24, 2.45) is 0 Å². The number of piperazine rings is 1. The first-order chi connectivity index (χ1) is 9.65. The molecule has 108 valence electrons. The number of nitrogens with zero attached hydrogens (tertiary/aromatic N) is 4. The van der Waals surface area contributed by atoms with Gasteiger partial charge in [-0.3, -0.25) is 9.69 Å². The Balaban J connectivity index is 1.92. The van der Waals surface area contributed by atoms with Gasteiger partial charge in [0.05, 0.1) is 12.1 Å². The van der Waals surface area contributed by atoms with Crippen molar-refractivity contribution in [3.05, 3.63) is 17.5 Å². The van der Waals surface area contributed by atoms with Crippen LogP contribution in [0.15, 0.2) is 10.6 Å². The van der Waals surface area contributed by atoms with Crippen molar-refractivity contribution in [1.29, 1.82) is 5.26 Å². The molecule has 7 heteroatoms. The molecule has 20 heavy (non-hydrogen) atoms. The van der Waals surface area contributed by atoms with Gasteiger partial charge in [0, 0.05) is 39.4 Å². The predicted molar refractivity (Wildman–Crippen MR) is 69.8 cm³/mol. The number of amides is 1. The molecule has 1 unspecified atom stereocenters. The molecule has 0 N–H and O–H groups in total. The molecule has 1 fully saturated rings. The molecule has 0 saturated carbocycles. The molecule has 1 amide bonds. The molecule has 1 aromatic rings. The molecule has 1 saturated heterocycles. The summed E-state index contributed by atoms with van der Waals surface area (Å²) in [6.07, 6.45) is 0. The summed E-state index contributed by atoms with van der Waals surface area (Å²) in [5.74, 6) is 0.396. The number of carbonyl (C=O) groups excluding carboxylic acids is 1. The zero-order chi connectivity index (χ0) is 14.5. The van der Waals surface area contributed by atoms with Crippen LogP contribution in [0.25, 0.3) is 0 Å². The third-order valence-corrected chi connectivity index (χ3v) is 3.40. The van der Waals surface area contributed by atoms with Gasteiger partial charge in [-0.1, -0.05) is 5.16 Å². The average Bonchev–Trinajstić information content (AvgIpc) is 2.95. The summed E-state index contributed by atoms with van der Waals surface area (Å²) in [7, 11) is 1.56. The van der Waals surface area contributed by atoms with Crippen molar-refractivity contribution >= 4 is 5.91 Å². The lowest BCUT2D eigenvalue weighted by atomic mass is 10.2. The molecule has 1 aliphatic heterocycles. The normalized spacial score (nSPS) is 17.8. The first-order valence-electron chi connectivity index (χ1n) is 6.53. The van der Waals surface area contributed by atoms with E-state index >= 15 is 0 Å². The molecule has 0 radical (unpaired) electrons. The van der Waals surface area contributed by atoms with Gasteiger partial charge in [-0.15, -0.1) is 0 Å². The van der Waals surface area contributed by atoms with Crippen LogP contribution in [0.4, 0.5) is 0 Å². The highest BCUT2D eigenvalue weighted by Gasteiger charge is 2.26. The van der Waals surface area contributed by atoms with Gasteiger partial charge in [-0.25, -0.2) is 0 Å². The van der Waals surface area contributed by atoms with E-state index in [4.69, 9.17) is 14.5 Å². The first kappa shape index (κ1) is 14.5. The Morgan fingerprint density at radius 3 is 2.85 bits per heavy atom. The number of methoxy groups -OCH3 is 1. The van der Waals surface area contributed by atoms with Gasteiger partial charge in [-0.2, -0.15) is 5.26 Å². The van der Waals surface area contributed by atoms with Gasteiger partial charge >= 0.3 is 0 Å².